The number of carbonyl (C=O) groups is 1. The van der Waals surface area contributed by atoms with Crippen molar-refractivity contribution >= 4 is 38.9 Å². The second-order valence-electron chi connectivity index (χ2n) is 6.91. The van der Waals surface area contributed by atoms with Crippen molar-refractivity contribution in [1.82, 2.24) is 4.31 Å². The SMILES string of the molecule is Cc1cc(OCC(=O)Nc2ccccc2N2CCN(S(C)(=O)=O)CC2)ccc1Cl. The Balaban J connectivity index is 1.61. The van der Waals surface area contributed by atoms with Crippen LogP contribution in [0.4, 0.5) is 11.4 Å². The molecular formula is C20H24ClN3O4S. The summed E-state index contributed by atoms with van der Waals surface area (Å²) < 4.78 is 30.4. The number of carbonyl (C=O) groups excluding carboxylic acids is 1. The Labute approximate surface area is 176 Å². The zero-order valence-electron chi connectivity index (χ0n) is 16.4. The van der Waals surface area contributed by atoms with Crippen molar-refractivity contribution in [2.45, 2.75) is 6.92 Å². The summed E-state index contributed by atoms with van der Waals surface area (Å²) in [5.41, 5.74) is 2.40. The number of rotatable bonds is 6. The highest BCUT2D eigenvalue weighted by atomic mass is 35.5. The number of ether oxygens (including phenoxy) is 1. The zero-order chi connectivity index (χ0) is 21.0. The Kier molecular flexibility index (Phi) is 6.66. The quantitative estimate of drug-likeness (QED) is 0.751. The topological polar surface area (TPSA) is 79.0 Å². The highest BCUT2D eigenvalue weighted by Crippen LogP contribution is 2.27. The van der Waals surface area contributed by atoms with E-state index in [9.17, 15) is 13.2 Å². The Hall–Kier alpha value is -2.29. The van der Waals surface area contributed by atoms with Gasteiger partial charge in [0.25, 0.3) is 5.91 Å². The smallest absolute Gasteiger partial charge is 0.262 e. The van der Waals surface area contributed by atoms with Gasteiger partial charge in [-0.05, 0) is 42.8 Å². The molecule has 1 aliphatic rings. The predicted octanol–water partition coefficient (Wildman–Crippen LogP) is 2.75. The number of sulfonamides is 1. The molecule has 0 atom stereocenters. The molecule has 2 aromatic carbocycles. The Morgan fingerprint density at radius 2 is 1.83 bits per heavy atom. The van der Waals surface area contributed by atoms with Crippen LogP contribution in [0.1, 0.15) is 5.56 Å². The number of piperazine rings is 1. The van der Waals surface area contributed by atoms with E-state index in [1.54, 1.807) is 18.2 Å². The molecule has 0 radical (unpaired) electrons. The summed E-state index contributed by atoms with van der Waals surface area (Å²) in [6, 6.07) is 12.7. The number of hydrogen-bond acceptors (Lipinski definition) is 5. The van der Waals surface area contributed by atoms with Crippen LogP contribution >= 0.6 is 11.6 Å². The summed E-state index contributed by atoms with van der Waals surface area (Å²) >= 11 is 6.00. The van der Waals surface area contributed by atoms with E-state index in [-0.39, 0.29) is 12.5 Å². The van der Waals surface area contributed by atoms with E-state index in [4.69, 9.17) is 16.3 Å². The minimum Gasteiger partial charge on any atom is -0.484 e. The van der Waals surface area contributed by atoms with Crippen LogP contribution in [-0.4, -0.2) is 57.7 Å². The lowest BCUT2D eigenvalue weighted by Gasteiger charge is -2.35. The maximum atomic E-state index is 12.4. The summed E-state index contributed by atoms with van der Waals surface area (Å²) in [4.78, 5) is 14.5. The molecule has 2 aromatic rings. The monoisotopic (exact) mass is 437 g/mol. The molecule has 0 aliphatic carbocycles. The third-order valence-corrected chi connectivity index (χ3v) is 6.45. The first kappa shape index (κ1) is 21.4. The number of nitrogens with zero attached hydrogens (tertiary/aromatic N) is 2. The lowest BCUT2D eigenvalue weighted by atomic mass is 10.2. The Morgan fingerprint density at radius 1 is 1.14 bits per heavy atom. The highest BCUT2D eigenvalue weighted by Gasteiger charge is 2.24. The molecule has 1 saturated heterocycles. The molecule has 1 amide bonds. The highest BCUT2D eigenvalue weighted by molar-refractivity contribution is 7.88. The Bertz CT molecular complexity index is 989. The van der Waals surface area contributed by atoms with Gasteiger partial charge in [-0.25, -0.2) is 8.42 Å². The fourth-order valence-electron chi connectivity index (χ4n) is 3.16. The number of halogens is 1. The van der Waals surface area contributed by atoms with E-state index in [2.05, 4.69) is 10.2 Å². The fraction of sp³-hybridized carbons (Fsp3) is 0.350. The van der Waals surface area contributed by atoms with E-state index in [0.717, 1.165) is 11.3 Å². The summed E-state index contributed by atoms with van der Waals surface area (Å²) in [7, 11) is -3.19. The van der Waals surface area contributed by atoms with Gasteiger partial charge in [0.15, 0.2) is 6.61 Å². The van der Waals surface area contributed by atoms with Gasteiger partial charge in [-0.2, -0.15) is 4.31 Å². The summed E-state index contributed by atoms with van der Waals surface area (Å²) in [6.07, 6.45) is 1.22. The molecular weight excluding hydrogens is 414 g/mol. The first-order valence-corrected chi connectivity index (χ1v) is 11.4. The summed E-state index contributed by atoms with van der Waals surface area (Å²) in [5, 5.41) is 3.53. The van der Waals surface area contributed by atoms with E-state index >= 15 is 0 Å². The normalized spacial score (nSPS) is 15.2. The number of aryl methyl sites for hydroxylation is 1. The number of para-hydroxylation sites is 2. The molecule has 0 unspecified atom stereocenters. The van der Waals surface area contributed by atoms with Crippen LogP contribution < -0.4 is 15.0 Å². The molecule has 7 nitrogen and oxygen atoms in total. The van der Waals surface area contributed by atoms with Crippen LogP contribution in [0, 0.1) is 6.92 Å². The van der Waals surface area contributed by atoms with E-state index in [1.807, 2.05) is 31.2 Å². The molecule has 1 N–H and O–H groups in total. The van der Waals surface area contributed by atoms with Crippen LogP contribution in [0.15, 0.2) is 42.5 Å². The van der Waals surface area contributed by atoms with Crippen LogP contribution in [0.3, 0.4) is 0 Å². The van der Waals surface area contributed by atoms with Gasteiger partial charge in [-0.15, -0.1) is 0 Å². The van der Waals surface area contributed by atoms with Crippen LogP contribution in [0.2, 0.25) is 5.02 Å². The van der Waals surface area contributed by atoms with Gasteiger partial charge in [0, 0.05) is 31.2 Å². The average Bonchev–Trinajstić information content (AvgIpc) is 2.69. The van der Waals surface area contributed by atoms with E-state index < -0.39 is 10.0 Å². The molecule has 29 heavy (non-hydrogen) atoms. The van der Waals surface area contributed by atoms with Crippen molar-refractivity contribution in [2.24, 2.45) is 0 Å². The summed E-state index contributed by atoms with van der Waals surface area (Å²) in [5.74, 6) is 0.298. The van der Waals surface area contributed by atoms with Crippen LogP contribution in [0.25, 0.3) is 0 Å². The molecule has 1 heterocycles. The third-order valence-electron chi connectivity index (χ3n) is 4.73. The second kappa shape index (κ2) is 9.02. The molecule has 156 valence electrons. The molecule has 0 aromatic heterocycles. The van der Waals surface area contributed by atoms with Crippen molar-refractivity contribution in [2.75, 3.05) is 49.3 Å². The van der Waals surface area contributed by atoms with Crippen LogP contribution in [-0.2, 0) is 14.8 Å². The Morgan fingerprint density at radius 3 is 2.48 bits per heavy atom. The minimum atomic E-state index is -3.19. The average molecular weight is 438 g/mol. The number of benzene rings is 2. The van der Waals surface area contributed by atoms with Gasteiger partial charge < -0.3 is 15.0 Å². The lowest BCUT2D eigenvalue weighted by molar-refractivity contribution is -0.118. The van der Waals surface area contributed by atoms with Gasteiger partial charge in [0.05, 0.1) is 17.6 Å². The van der Waals surface area contributed by atoms with Crippen molar-refractivity contribution in [1.29, 1.82) is 0 Å². The predicted molar refractivity (Wildman–Crippen MR) is 115 cm³/mol. The van der Waals surface area contributed by atoms with E-state index in [1.165, 1.54) is 10.6 Å². The van der Waals surface area contributed by atoms with Gasteiger partial charge in [-0.1, -0.05) is 23.7 Å². The molecule has 0 bridgehead atoms. The first-order chi connectivity index (χ1) is 13.7. The number of amides is 1. The first-order valence-electron chi connectivity index (χ1n) is 9.22. The fourth-order valence-corrected chi connectivity index (χ4v) is 4.10. The molecule has 1 fully saturated rings. The molecule has 9 heteroatoms. The number of nitrogens with one attached hydrogen (secondary N) is 1. The lowest BCUT2D eigenvalue weighted by Crippen LogP contribution is -2.48. The largest absolute Gasteiger partial charge is 0.484 e. The number of hydrogen-bond donors (Lipinski definition) is 1. The van der Waals surface area contributed by atoms with Gasteiger partial charge >= 0.3 is 0 Å². The van der Waals surface area contributed by atoms with Crippen molar-refractivity contribution in [3.63, 3.8) is 0 Å². The minimum absolute atomic E-state index is 0.128. The van der Waals surface area contributed by atoms with Gasteiger partial charge in [0.1, 0.15) is 5.75 Å². The molecule has 0 spiro atoms. The maximum Gasteiger partial charge on any atom is 0.262 e. The second-order valence-corrected chi connectivity index (χ2v) is 9.30. The van der Waals surface area contributed by atoms with Gasteiger partial charge in [-0.3, -0.25) is 4.79 Å². The van der Waals surface area contributed by atoms with Crippen molar-refractivity contribution in [3.05, 3.63) is 53.1 Å². The van der Waals surface area contributed by atoms with Crippen LogP contribution in [0.5, 0.6) is 5.75 Å². The van der Waals surface area contributed by atoms with Gasteiger partial charge in [0.2, 0.25) is 10.0 Å². The summed E-state index contributed by atoms with van der Waals surface area (Å²) in [6.45, 7) is 3.69. The van der Waals surface area contributed by atoms with Crippen molar-refractivity contribution < 1.29 is 17.9 Å². The zero-order valence-corrected chi connectivity index (χ0v) is 18.0. The van der Waals surface area contributed by atoms with E-state index in [0.29, 0.717) is 42.6 Å². The third kappa shape index (κ3) is 5.62. The molecule has 0 saturated carbocycles. The van der Waals surface area contributed by atoms with Crippen molar-refractivity contribution in [3.8, 4) is 5.75 Å². The number of anilines is 2. The molecule has 3 rings (SSSR count). The standard InChI is InChI=1S/C20H24ClN3O4S/c1-15-13-16(7-8-17(15)21)28-14-20(25)22-18-5-3-4-6-19(18)23-9-11-24(12-10-23)29(2,26)27/h3-8,13H,9-12,14H2,1-2H3,(H,22,25). The maximum absolute atomic E-state index is 12.4. The molecule has 1 aliphatic heterocycles.